The Balaban J connectivity index is 2.65. The summed E-state index contributed by atoms with van der Waals surface area (Å²) in [7, 11) is -1.81. The minimum Gasteiger partial charge on any atom is -0.406 e. The van der Waals surface area contributed by atoms with Crippen molar-refractivity contribution in [3.05, 3.63) is 34.9 Å². The van der Waals surface area contributed by atoms with Crippen LogP contribution in [-0.4, -0.2) is 20.7 Å². The van der Waals surface area contributed by atoms with Gasteiger partial charge in [-0.3, -0.25) is 4.79 Å². The van der Waals surface area contributed by atoms with E-state index in [0.717, 1.165) is 0 Å². The van der Waals surface area contributed by atoms with E-state index in [1.54, 1.807) is 24.3 Å². The van der Waals surface area contributed by atoms with E-state index < -0.39 is 8.32 Å². The number of benzene rings is 1. The normalized spacial score (nSPS) is 11.7. The Labute approximate surface area is 127 Å². The number of hydrogen-bond donors (Lipinski definition) is 0. The Hall–Kier alpha value is -1.08. The summed E-state index contributed by atoms with van der Waals surface area (Å²) in [4.78, 5) is 11.9. The van der Waals surface area contributed by atoms with Crippen LogP contribution in [0.15, 0.2) is 24.3 Å². The molecule has 0 N–H and O–H groups in total. The molecule has 0 saturated carbocycles. The Morgan fingerprint density at radius 1 is 1.30 bits per heavy atom. The lowest BCUT2D eigenvalue weighted by molar-refractivity contribution is 0.105. The van der Waals surface area contributed by atoms with Crippen molar-refractivity contribution in [3.63, 3.8) is 0 Å². The Morgan fingerprint density at radius 3 is 2.45 bits per heavy atom. The average Bonchev–Trinajstić information content (AvgIpc) is 2.33. The first-order valence-corrected chi connectivity index (χ1v) is 9.85. The fraction of sp³-hybridized carbons (Fsp3) is 0.438. The molecule has 0 unspecified atom stereocenters. The second-order valence-electron chi connectivity index (χ2n) is 6.16. The zero-order valence-corrected chi connectivity index (χ0v) is 14.5. The maximum absolute atomic E-state index is 11.9. The van der Waals surface area contributed by atoms with Crippen LogP contribution in [0.4, 0.5) is 0 Å². The molecule has 0 amide bonds. The molecule has 0 bridgehead atoms. The van der Waals surface area contributed by atoms with Gasteiger partial charge in [0.05, 0.1) is 11.6 Å². The lowest BCUT2D eigenvalue weighted by Crippen LogP contribution is -2.40. The van der Waals surface area contributed by atoms with Gasteiger partial charge in [0.2, 0.25) is 5.78 Å². The molecule has 0 aliphatic rings. The molecule has 2 nitrogen and oxygen atoms in total. The quantitative estimate of drug-likeness (QED) is 0.354. The summed E-state index contributed by atoms with van der Waals surface area (Å²) < 4.78 is 5.89. The molecule has 20 heavy (non-hydrogen) atoms. The van der Waals surface area contributed by atoms with Crippen molar-refractivity contribution >= 4 is 25.7 Å². The smallest absolute Gasteiger partial charge is 0.237 e. The van der Waals surface area contributed by atoms with Crippen molar-refractivity contribution in [1.82, 2.24) is 0 Å². The molecule has 108 valence electrons. The molecule has 1 rings (SSSR count). The standard InChI is InChI=1S/C16H21ClO2Si/c1-16(2,3)20(4,5)19-12-8-11-15(18)13-9-6-7-10-14(13)17/h6-7,9-10H,12H2,1-5H3. The molecule has 0 radical (unpaired) electrons. The largest absolute Gasteiger partial charge is 0.406 e. The van der Waals surface area contributed by atoms with Crippen LogP contribution in [0.1, 0.15) is 31.1 Å². The van der Waals surface area contributed by atoms with E-state index in [4.69, 9.17) is 16.0 Å². The fourth-order valence-corrected chi connectivity index (χ4v) is 2.35. The fourth-order valence-electron chi connectivity index (χ4n) is 1.26. The van der Waals surface area contributed by atoms with Gasteiger partial charge in [-0.1, -0.05) is 50.4 Å². The van der Waals surface area contributed by atoms with Gasteiger partial charge < -0.3 is 4.43 Å². The van der Waals surface area contributed by atoms with Gasteiger partial charge >= 0.3 is 0 Å². The van der Waals surface area contributed by atoms with Gasteiger partial charge in [-0.05, 0) is 36.2 Å². The highest BCUT2D eigenvalue weighted by atomic mass is 35.5. The molecule has 0 fully saturated rings. The van der Waals surface area contributed by atoms with Crippen LogP contribution in [-0.2, 0) is 4.43 Å². The molecular weight excluding hydrogens is 288 g/mol. The maximum Gasteiger partial charge on any atom is 0.237 e. The summed E-state index contributed by atoms with van der Waals surface area (Å²) in [5, 5.41) is 0.568. The Kier molecular flexibility index (Phi) is 5.58. The molecule has 0 spiro atoms. The number of ketones is 1. The number of halogens is 1. The van der Waals surface area contributed by atoms with E-state index in [2.05, 4.69) is 45.7 Å². The summed E-state index contributed by atoms with van der Waals surface area (Å²) in [5.74, 6) is 5.11. The number of rotatable bonds is 3. The number of hydrogen-bond acceptors (Lipinski definition) is 2. The van der Waals surface area contributed by atoms with Gasteiger partial charge in [0.1, 0.15) is 0 Å². The van der Waals surface area contributed by atoms with Crippen LogP contribution in [0.5, 0.6) is 0 Å². The monoisotopic (exact) mass is 308 g/mol. The van der Waals surface area contributed by atoms with Crippen molar-refractivity contribution in [1.29, 1.82) is 0 Å². The minimum absolute atomic E-state index is 0.140. The summed E-state index contributed by atoms with van der Waals surface area (Å²) in [6, 6.07) is 6.91. The van der Waals surface area contributed by atoms with Gasteiger partial charge in [0.15, 0.2) is 8.32 Å². The van der Waals surface area contributed by atoms with Gasteiger partial charge in [-0.25, -0.2) is 0 Å². The van der Waals surface area contributed by atoms with Crippen molar-refractivity contribution in [3.8, 4) is 11.8 Å². The Morgan fingerprint density at radius 2 is 1.90 bits per heavy atom. The first-order chi connectivity index (χ1) is 9.15. The molecule has 0 saturated heterocycles. The van der Waals surface area contributed by atoms with Gasteiger partial charge in [0, 0.05) is 5.56 Å². The van der Waals surface area contributed by atoms with Crippen LogP contribution in [0.2, 0.25) is 23.2 Å². The third kappa shape index (κ3) is 4.48. The van der Waals surface area contributed by atoms with E-state index in [9.17, 15) is 4.79 Å². The highest BCUT2D eigenvalue weighted by molar-refractivity contribution is 6.74. The molecule has 0 aliphatic carbocycles. The van der Waals surface area contributed by atoms with E-state index >= 15 is 0 Å². The van der Waals surface area contributed by atoms with Crippen LogP contribution >= 0.6 is 11.6 Å². The number of Topliss-reactive ketones (excluding diaryl/α,β-unsaturated/α-hetero) is 1. The molecule has 4 heteroatoms. The predicted molar refractivity (Wildman–Crippen MR) is 86.7 cm³/mol. The topological polar surface area (TPSA) is 26.3 Å². The molecule has 1 aromatic rings. The van der Waals surface area contributed by atoms with Crippen LogP contribution in [0.3, 0.4) is 0 Å². The molecule has 0 aliphatic heterocycles. The lowest BCUT2D eigenvalue weighted by Gasteiger charge is -2.35. The van der Waals surface area contributed by atoms with Crippen LogP contribution < -0.4 is 0 Å². The first kappa shape index (κ1) is 17.0. The van der Waals surface area contributed by atoms with Crippen LogP contribution in [0, 0.1) is 11.8 Å². The SMILES string of the molecule is CC(C)(C)[Si](C)(C)OCC#CC(=O)c1ccccc1Cl. The van der Waals surface area contributed by atoms with Gasteiger partial charge in [-0.15, -0.1) is 0 Å². The maximum atomic E-state index is 11.9. The van der Waals surface area contributed by atoms with Gasteiger partial charge in [-0.2, -0.15) is 0 Å². The Bertz CT molecular complexity index is 548. The van der Waals surface area contributed by atoms with Crippen molar-refractivity contribution < 1.29 is 9.22 Å². The van der Waals surface area contributed by atoms with E-state index in [1.807, 2.05) is 0 Å². The second kappa shape index (κ2) is 6.58. The third-order valence-electron chi connectivity index (χ3n) is 3.63. The molecule has 0 heterocycles. The van der Waals surface area contributed by atoms with E-state index in [-0.39, 0.29) is 17.4 Å². The first-order valence-electron chi connectivity index (χ1n) is 6.57. The molecule has 1 aromatic carbocycles. The highest BCUT2D eigenvalue weighted by Gasteiger charge is 2.36. The minimum atomic E-state index is -1.81. The van der Waals surface area contributed by atoms with Crippen LogP contribution in [0.25, 0.3) is 0 Å². The predicted octanol–water partition coefficient (Wildman–Crippen LogP) is 4.55. The molecule has 0 atom stereocenters. The molecular formula is C16H21ClO2Si. The van der Waals surface area contributed by atoms with E-state index in [1.165, 1.54) is 0 Å². The zero-order valence-electron chi connectivity index (χ0n) is 12.7. The summed E-state index contributed by atoms with van der Waals surface area (Å²) in [5.41, 5.74) is 0.439. The summed E-state index contributed by atoms with van der Waals surface area (Å²) in [6.45, 7) is 11.1. The van der Waals surface area contributed by atoms with Crippen molar-refractivity contribution in [2.24, 2.45) is 0 Å². The van der Waals surface area contributed by atoms with Gasteiger partial charge in [0.25, 0.3) is 0 Å². The lowest BCUT2D eigenvalue weighted by atomic mass is 10.1. The van der Waals surface area contributed by atoms with Crippen molar-refractivity contribution in [2.45, 2.75) is 38.9 Å². The zero-order chi connectivity index (χ0) is 15.4. The van der Waals surface area contributed by atoms with E-state index in [0.29, 0.717) is 10.6 Å². The molecule has 0 aromatic heterocycles. The number of carbonyl (C=O) groups excluding carboxylic acids is 1. The van der Waals surface area contributed by atoms with Crippen molar-refractivity contribution in [2.75, 3.05) is 6.61 Å². The second-order valence-corrected chi connectivity index (χ2v) is 11.4. The number of carbonyl (C=O) groups is 1. The summed E-state index contributed by atoms with van der Waals surface area (Å²) >= 11 is 5.95. The highest BCUT2D eigenvalue weighted by Crippen LogP contribution is 2.36. The third-order valence-corrected chi connectivity index (χ3v) is 8.44. The average molecular weight is 309 g/mol. The summed E-state index contributed by atoms with van der Waals surface area (Å²) in [6.07, 6.45) is 0.